The average Bonchev–Trinajstić information content (AvgIpc) is 3.17. The van der Waals surface area contributed by atoms with Gasteiger partial charge in [-0.3, -0.25) is 14.5 Å². The maximum absolute atomic E-state index is 12.7. The number of Topliss-reactive ketones (excluding diaryl/α,β-unsaturated/α-hetero) is 1. The van der Waals surface area contributed by atoms with Gasteiger partial charge in [0.1, 0.15) is 0 Å². The molecular weight excluding hydrogens is 511 g/mol. The number of nitrogens with one attached hydrogen (secondary N) is 1. The van der Waals surface area contributed by atoms with Crippen molar-refractivity contribution < 1.29 is 32.7 Å². The molecule has 2 aliphatic heterocycles. The van der Waals surface area contributed by atoms with Gasteiger partial charge < -0.3 is 15.3 Å². The number of carboxylic acid groups (broad SMARTS) is 1. The van der Waals surface area contributed by atoms with Crippen molar-refractivity contribution >= 4 is 23.7 Å². The molecule has 7 nitrogen and oxygen atoms in total. The summed E-state index contributed by atoms with van der Waals surface area (Å²) in [4.78, 5) is 38.5. The van der Waals surface area contributed by atoms with Crippen LogP contribution < -0.4 is 5.32 Å². The lowest BCUT2D eigenvalue weighted by Gasteiger charge is -2.34. The summed E-state index contributed by atoms with van der Waals surface area (Å²) in [5, 5.41) is 10.5. The van der Waals surface area contributed by atoms with Crippen molar-refractivity contribution in [2.45, 2.75) is 31.9 Å². The van der Waals surface area contributed by atoms with Gasteiger partial charge in [-0.15, -0.1) is 0 Å². The Morgan fingerprint density at radius 3 is 2.18 bits per heavy atom. The van der Waals surface area contributed by atoms with E-state index >= 15 is 0 Å². The summed E-state index contributed by atoms with van der Waals surface area (Å²) in [6.45, 7) is 6.05. The predicted octanol–water partition coefficient (Wildman–Crippen LogP) is 3.83. The molecule has 1 fully saturated rings. The summed E-state index contributed by atoms with van der Waals surface area (Å²) in [5.41, 5.74) is 4.55. The number of piperazine rings is 1. The predicted molar refractivity (Wildman–Crippen MR) is 142 cm³/mol. The second-order valence-corrected chi connectivity index (χ2v) is 9.45. The molecule has 10 heteroatoms. The molecule has 0 atom stereocenters. The monoisotopic (exact) mass is 545 g/mol. The summed E-state index contributed by atoms with van der Waals surface area (Å²) in [6, 6.07) is 16.3. The van der Waals surface area contributed by atoms with Crippen LogP contribution >= 0.6 is 0 Å². The fraction of sp³-hybridized carbons (Fsp3) is 0.414. The molecule has 0 radical (unpaired) electrons. The number of rotatable bonds is 7. The van der Waals surface area contributed by atoms with Crippen LogP contribution in [-0.4, -0.2) is 84.6 Å². The Hall–Kier alpha value is -3.50. The molecule has 39 heavy (non-hydrogen) atoms. The second-order valence-electron chi connectivity index (χ2n) is 9.45. The topological polar surface area (TPSA) is 90.0 Å². The Morgan fingerprint density at radius 1 is 0.897 bits per heavy atom. The molecular formula is C29H34F3N3O4. The minimum absolute atomic E-state index is 0.0723. The largest absolute Gasteiger partial charge is 0.490 e. The molecule has 210 valence electrons. The van der Waals surface area contributed by atoms with Crippen molar-refractivity contribution in [3.05, 3.63) is 76.9 Å². The second kappa shape index (κ2) is 14.6. The summed E-state index contributed by atoms with van der Waals surface area (Å²) >= 11 is 0. The maximum Gasteiger partial charge on any atom is 0.490 e. The van der Waals surface area contributed by atoms with Crippen LogP contribution in [0.15, 0.2) is 54.6 Å². The van der Waals surface area contributed by atoms with Gasteiger partial charge in [0, 0.05) is 51.1 Å². The fourth-order valence-electron chi connectivity index (χ4n) is 4.45. The van der Waals surface area contributed by atoms with Crippen molar-refractivity contribution in [3.8, 4) is 0 Å². The van der Waals surface area contributed by atoms with Gasteiger partial charge in [-0.1, -0.05) is 54.6 Å². The van der Waals surface area contributed by atoms with Crippen LogP contribution in [0.3, 0.4) is 0 Å². The minimum atomic E-state index is -5.08. The van der Waals surface area contributed by atoms with Gasteiger partial charge >= 0.3 is 12.1 Å². The van der Waals surface area contributed by atoms with Gasteiger partial charge in [-0.05, 0) is 48.7 Å². The van der Waals surface area contributed by atoms with Crippen LogP contribution in [0.5, 0.6) is 0 Å². The zero-order valence-electron chi connectivity index (χ0n) is 21.8. The molecule has 0 spiro atoms. The molecule has 4 rings (SSSR count). The lowest BCUT2D eigenvalue weighted by Crippen LogP contribution is -2.48. The van der Waals surface area contributed by atoms with Crippen LogP contribution in [-0.2, 0) is 22.4 Å². The van der Waals surface area contributed by atoms with Crippen molar-refractivity contribution in [2.24, 2.45) is 0 Å². The van der Waals surface area contributed by atoms with E-state index in [4.69, 9.17) is 9.90 Å². The van der Waals surface area contributed by atoms with E-state index in [0.29, 0.717) is 6.42 Å². The van der Waals surface area contributed by atoms with Crippen molar-refractivity contribution in [1.82, 2.24) is 15.1 Å². The van der Waals surface area contributed by atoms with E-state index in [1.165, 1.54) is 16.7 Å². The summed E-state index contributed by atoms with van der Waals surface area (Å²) in [7, 11) is 0. The SMILES string of the molecule is O=C(CCC(=O)N1CCN(C/C=C/c2ccccc2)CC1)c1ccc2c(c1)CCNCC2.O=C(O)C(F)(F)F. The van der Waals surface area contributed by atoms with Crippen LogP contribution in [0, 0.1) is 0 Å². The summed E-state index contributed by atoms with van der Waals surface area (Å²) < 4.78 is 31.7. The van der Waals surface area contributed by atoms with E-state index in [1.54, 1.807) is 0 Å². The molecule has 1 saturated heterocycles. The Morgan fingerprint density at radius 2 is 1.54 bits per heavy atom. The van der Waals surface area contributed by atoms with E-state index in [9.17, 15) is 22.8 Å². The standard InChI is InChI=1S/C27H33N3O2.C2HF3O2/c31-26(25-9-8-23-12-14-28-15-13-24(23)21-25)10-11-27(32)30-19-17-29(18-20-30)16-4-7-22-5-2-1-3-6-22;3-2(4,5)1(6)7/h1-9,21,28H,10-20H2;(H,6,7)/b7-4+;. The van der Waals surface area contributed by atoms with Gasteiger partial charge in [0.25, 0.3) is 0 Å². The number of hydrogen-bond acceptors (Lipinski definition) is 5. The first-order valence-electron chi connectivity index (χ1n) is 13.0. The van der Waals surface area contributed by atoms with Crippen LogP contribution in [0.4, 0.5) is 13.2 Å². The smallest absolute Gasteiger partial charge is 0.475 e. The zero-order chi connectivity index (χ0) is 28.3. The third-order valence-electron chi connectivity index (χ3n) is 6.68. The van der Waals surface area contributed by atoms with E-state index < -0.39 is 12.1 Å². The first kappa shape index (κ1) is 30.0. The number of benzene rings is 2. The molecule has 0 saturated carbocycles. The highest BCUT2D eigenvalue weighted by atomic mass is 19.4. The third kappa shape index (κ3) is 9.96. The van der Waals surface area contributed by atoms with E-state index in [2.05, 4.69) is 40.6 Å². The Labute approximate surface area is 226 Å². The number of fused-ring (bicyclic) bond motifs is 1. The summed E-state index contributed by atoms with van der Waals surface area (Å²) in [6.07, 6.45) is 1.79. The normalized spacial score (nSPS) is 16.1. The Kier molecular flexibility index (Phi) is 11.2. The maximum atomic E-state index is 12.7. The van der Waals surface area contributed by atoms with E-state index in [1.807, 2.05) is 35.2 Å². The van der Waals surface area contributed by atoms with Crippen molar-refractivity contribution in [1.29, 1.82) is 0 Å². The molecule has 0 bridgehead atoms. The number of carboxylic acids is 1. The van der Waals surface area contributed by atoms with Gasteiger partial charge in [-0.25, -0.2) is 4.79 Å². The number of nitrogens with zero attached hydrogens (tertiary/aromatic N) is 2. The molecule has 2 aromatic rings. The zero-order valence-corrected chi connectivity index (χ0v) is 21.8. The van der Waals surface area contributed by atoms with Gasteiger partial charge in [-0.2, -0.15) is 13.2 Å². The van der Waals surface area contributed by atoms with Gasteiger partial charge in [0.2, 0.25) is 5.91 Å². The molecule has 0 aliphatic carbocycles. The number of amides is 1. The number of hydrogen-bond donors (Lipinski definition) is 2. The van der Waals surface area contributed by atoms with Gasteiger partial charge in [0.05, 0.1) is 0 Å². The first-order chi connectivity index (χ1) is 18.6. The van der Waals surface area contributed by atoms with Crippen molar-refractivity contribution in [3.63, 3.8) is 0 Å². The summed E-state index contributed by atoms with van der Waals surface area (Å²) in [5.74, 6) is -2.59. The van der Waals surface area contributed by atoms with E-state index in [-0.39, 0.29) is 18.1 Å². The molecule has 0 aromatic heterocycles. The lowest BCUT2D eigenvalue weighted by molar-refractivity contribution is -0.192. The number of carbonyl (C=O) groups is 3. The lowest BCUT2D eigenvalue weighted by atomic mass is 9.97. The molecule has 2 N–H and O–H groups in total. The molecule has 1 amide bonds. The number of ketones is 1. The number of carbonyl (C=O) groups excluding carboxylic acids is 2. The van der Waals surface area contributed by atoms with Crippen LogP contribution in [0.25, 0.3) is 6.08 Å². The average molecular weight is 546 g/mol. The molecule has 2 aliphatic rings. The number of halogens is 3. The third-order valence-corrected chi connectivity index (χ3v) is 6.68. The van der Waals surface area contributed by atoms with Gasteiger partial charge in [0.15, 0.2) is 5.78 Å². The highest BCUT2D eigenvalue weighted by Crippen LogP contribution is 2.18. The highest BCUT2D eigenvalue weighted by molar-refractivity contribution is 5.98. The number of aliphatic carboxylic acids is 1. The van der Waals surface area contributed by atoms with Crippen LogP contribution in [0.2, 0.25) is 0 Å². The molecule has 2 heterocycles. The number of alkyl halides is 3. The Bertz CT molecular complexity index is 1140. The van der Waals surface area contributed by atoms with E-state index in [0.717, 1.165) is 64.2 Å². The first-order valence-corrected chi connectivity index (χ1v) is 13.0. The highest BCUT2D eigenvalue weighted by Gasteiger charge is 2.38. The molecule has 2 aromatic carbocycles. The fourth-order valence-corrected chi connectivity index (χ4v) is 4.45. The Balaban J connectivity index is 0.000000532. The quantitative estimate of drug-likeness (QED) is 0.515. The minimum Gasteiger partial charge on any atom is -0.475 e. The van der Waals surface area contributed by atoms with Crippen LogP contribution in [0.1, 0.15) is 39.9 Å². The molecule has 0 unspecified atom stereocenters. The van der Waals surface area contributed by atoms with Crippen molar-refractivity contribution in [2.75, 3.05) is 45.8 Å².